The van der Waals surface area contributed by atoms with E-state index in [4.69, 9.17) is 9.47 Å². The zero-order valence-electron chi connectivity index (χ0n) is 13.5. The summed E-state index contributed by atoms with van der Waals surface area (Å²) in [4.78, 5) is 11.9. The topological polar surface area (TPSA) is 59.6 Å². The Hall–Kier alpha value is -2.83. The summed E-state index contributed by atoms with van der Waals surface area (Å²) in [5, 5.41) is 5.61. The Morgan fingerprint density at radius 2 is 1.76 bits per heavy atom. The van der Waals surface area contributed by atoms with Crippen molar-refractivity contribution in [3.05, 3.63) is 53.6 Å². The third kappa shape index (κ3) is 4.17. The summed E-state index contributed by atoms with van der Waals surface area (Å²) in [5.41, 5.74) is 0.630. The van der Waals surface area contributed by atoms with Crippen LogP contribution in [0.3, 0.4) is 0 Å². The largest absolute Gasteiger partial charge is 0.486 e. The predicted octanol–water partition coefficient (Wildman–Crippen LogP) is 2.51. The SMILES string of the molecule is O=C(CNc1cccc2c1OCCO2)NCCc1c(F)cccc1F. The van der Waals surface area contributed by atoms with Crippen molar-refractivity contribution in [2.75, 3.05) is 31.6 Å². The molecule has 1 aliphatic heterocycles. The molecule has 3 rings (SSSR count). The lowest BCUT2D eigenvalue weighted by Gasteiger charge is -2.21. The number of amides is 1. The first-order chi connectivity index (χ1) is 12.1. The molecular weight excluding hydrogens is 330 g/mol. The van der Waals surface area contributed by atoms with Gasteiger partial charge in [0.1, 0.15) is 24.8 Å². The summed E-state index contributed by atoms with van der Waals surface area (Å²) in [6, 6.07) is 9.08. The fourth-order valence-electron chi connectivity index (χ4n) is 2.55. The molecule has 1 amide bonds. The van der Waals surface area contributed by atoms with Crippen LogP contribution in [0.2, 0.25) is 0 Å². The van der Waals surface area contributed by atoms with Crippen LogP contribution in [0.25, 0.3) is 0 Å². The minimum Gasteiger partial charge on any atom is -0.486 e. The van der Waals surface area contributed by atoms with Crippen molar-refractivity contribution in [3.63, 3.8) is 0 Å². The first-order valence-corrected chi connectivity index (χ1v) is 7.97. The van der Waals surface area contributed by atoms with Gasteiger partial charge in [-0.1, -0.05) is 12.1 Å². The van der Waals surface area contributed by atoms with E-state index in [2.05, 4.69) is 10.6 Å². The van der Waals surface area contributed by atoms with Crippen LogP contribution in [0, 0.1) is 11.6 Å². The molecule has 0 aliphatic carbocycles. The van der Waals surface area contributed by atoms with E-state index in [1.165, 1.54) is 18.2 Å². The second kappa shape index (κ2) is 7.83. The van der Waals surface area contributed by atoms with Crippen molar-refractivity contribution in [1.29, 1.82) is 0 Å². The van der Waals surface area contributed by atoms with Gasteiger partial charge in [0, 0.05) is 12.1 Å². The summed E-state index contributed by atoms with van der Waals surface area (Å²) in [6.45, 7) is 1.10. The smallest absolute Gasteiger partial charge is 0.239 e. The summed E-state index contributed by atoms with van der Waals surface area (Å²) in [6.07, 6.45) is 0.0853. The van der Waals surface area contributed by atoms with Crippen LogP contribution < -0.4 is 20.1 Å². The van der Waals surface area contributed by atoms with E-state index < -0.39 is 11.6 Å². The van der Waals surface area contributed by atoms with Gasteiger partial charge >= 0.3 is 0 Å². The van der Waals surface area contributed by atoms with Gasteiger partial charge in [0.15, 0.2) is 11.5 Å². The van der Waals surface area contributed by atoms with Crippen LogP contribution in [-0.2, 0) is 11.2 Å². The van der Waals surface area contributed by atoms with E-state index in [0.717, 1.165) is 0 Å². The maximum Gasteiger partial charge on any atom is 0.239 e. The van der Waals surface area contributed by atoms with Gasteiger partial charge in [0.25, 0.3) is 0 Å². The van der Waals surface area contributed by atoms with Crippen LogP contribution in [0.5, 0.6) is 11.5 Å². The number of benzene rings is 2. The average molecular weight is 348 g/mol. The summed E-state index contributed by atoms with van der Waals surface area (Å²) in [7, 11) is 0. The molecule has 0 aromatic heterocycles. The summed E-state index contributed by atoms with van der Waals surface area (Å²) in [5.74, 6) is -0.298. The lowest BCUT2D eigenvalue weighted by Crippen LogP contribution is -2.32. The molecule has 132 valence electrons. The molecule has 0 radical (unpaired) electrons. The maximum absolute atomic E-state index is 13.5. The minimum absolute atomic E-state index is 0.0135. The van der Waals surface area contributed by atoms with Crippen molar-refractivity contribution < 1.29 is 23.0 Å². The molecule has 0 bridgehead atoms. The quantitative estimate of drug-likeness (QED) is 0.842. The van der Waals surface area contributed by atoms with Gasteiger partial charge < -0.3 is 20.1 Å². The number of para-hydroxylation sites is 1. The Morgan fingerprint density at radius 1 is 1.04 bits per heavy atom. The number of hydrogen-bond donors (Lipinski definition) is 2. The summed E-state index contributed by atoms with van der Waals surface area (Å²) >= 11 is 0. The van der Waals surface area contributed by atoms with Gasteiger partial charge in [-0.3, -0.25) is 4.79 Å². The number of ether oxygens (including phenoxy) is 2. The Labute approximate surface area is 143 Å². The lowest BCUT2D eigenvalue weighted by atomic mass is 10.1. The molecule has 0 saturated heterocycles. The molecule has 0 atom stereocenters. The molecule has 25 heavy (non-hydrogen) atoms. The minimum atomic E-state index is -0.611. The number of carbonyl (C=O) groups excluding carboxylic acids is 1. The van der Waals surface area contributed by atoms with Gasteiger partial charge in [-0.15, -0.1) is 0 Å². The number of halogens is 2. The average Bonchev–Trinajstić information content (AvgIpc) is 2.62. The van der Waals surface area contributed by atoms with E-state index in [-0.39, 0.29) is 31.0 Å². The third-order valence-corrected chi connectivity index (χ3v) is 3.76. The molecule has 2 aromatic rings. The summed E-state index contributed by atoms with van der Waals surface area (Å²) < 4.78 is 38.0. The van der Waals surface area contributed by atoms with Crippen molar-refractivity contribution >= 4 is 11.6 Å². The fraction of sp³-hybridized carbons (Fsp3) is 0.278. The lowest BCUT2D eigenvalue weighted by molar-refractivity contribution is -0.119. The van der Waals surface area contributed by atoms with Crippen LogP contribution in [-0.4, -0.2) is 32.2 Å². The molecule has 2 aromatic carbocycles. The highest BCUT2D eigenvalue weighted by Crippen LogP contribution is 2.36. The normalized spacial score (nSPS) is 12.6. The van der Waals surface area contributed by atoms with Gasteiger partial charge in [-0.25, -0.2) is 8.78 Å². The number of carbonyl (C=O) groups is 1. The van der Waals surface area contributed by atoms with Crippen LogP contribution in [0.4, 0.5) is 14.5 Å². The second-order valence-electron chi connectivity index (χ2n) is 5.48. The molecule has 0 fully saturated rings. The van der Waals surface area contributed by atoms with Gasteiger partial charge in [0.2, 0.25) is 5.91 Å². The highest BCUT2D eigenvalue weighted by Gasteiger charge is 2.16. The van der Waals surface area contributed by atoms with Gasteiger partial charge in [0.05, 0.1) is 12.2 Å². The number of hydrogen-bond acceptors (Lipinski definition) is 4. The molecular formula is C18H18F2N2O3. The van der Waals surface area contributed by atoms with Crippen LogP contribution in [0.1, 0.15) is 5.56 Å². The van der Waals surface area contributed by atoms with Gasteiger partial charge in [-0.2, -0.15) is 0 Å². The van der Waals surface area contributed by atoms with Crippen molar-refractivity contribution in [1.82, 2.24) is 5.32 Å². The highest BCUT2D eigenvalue weighted by molar-refractivity contribution is 5.81. The van der Waals surface area contributed by atoms with Crippen molar-refractivity contribution in [2.24, 2.45) is 0 Å². The monoisotopic (exact) mass is 348 g/mol. The van der Waals surface area contributed by atoms with E-state index in [0.29, 0.717) is 30.4 Å². The first-order valence-electron chi connectivity index (χ1n) is 7.97. The Kier molecular flexibility index (Phi) is 5.33. The molecule has 0 unspecified atom stereocenters. The number of anilines is 1. The fourth-order valence-corrected chi connectivity index (χ4v) is 2.55. The first kappa shape index (κ1) is 17.0. The molecule has 2 N–H and O–H groups in total. The van der Waals surface area contributed by atoms with E-state index in [1.54, 1.807) is 18.2 Å². The molecule has 1 aliphatic rings. The van der Waals surface area contributed by atoms with E-state index >= 15 is 0 Å². The van der Waals surface area contributed by atoms with E-state index in [1.807, 2.05) is 0 Å². The number of rotatable bonds is 6. The second-order valence-corrected chi connectivity index (χ2v) is 5.48. The number of nitrogens with one attached hydrogen (secondary N) is 2. The van der Waals surface area contributed by atoms with Crippen LogP contribution >= 0.6 is 0 Å². The molecule has 1 heterocycles. The Balaban J connectivity index is 1.49. The molecule has 0 spiro atoms. The van der Waals surface area contributed by atoms with Crippen LogP contribution in [0.15, 0.2) is 36.4 Å². The zero-order chi connectivity index (χ0) is 17.6. The van der Waals surface area contributed by atoms with E-state index in [9.17, 15) is 13.6 Å². The predicted molar refractivity (Wildman–Crippen MR) is 89.0 cm³/mol. The van der Waals surface area contributed by atoms with Gasteiger partial charge in [-0.05, 0) is 30.7 Å². The Bertz CT molecular complexity index is 748. The Morgan fingerprint density at radius 3 is 2.56 bits per heavy atom. The standard InChI is InChI=1S/C18H18F2N2O3/c19-13-3-1-4-14(20)12(13)7-8-21-17(23)11-22-15-5-2-6-16-18(15)25-10-9-24-16/h1-6,22H,7-11H2,(H,21,23). The van der Waals surface area contributed by atoms with Crippen molar-refractivity contribution in [2.45, 2.75) is 6.42 Å². The highest BCUT2D eigenvalue weighted by atomic mass is 19.1. The van der Waals surface area contributed by atoms with Crippen molar-refractivity contribution in [3.8, 4) is 11.5 Å². The zero-order valence-corrected chi connectivity index (χ0v) is 13.5. The third-order valence-electron chi connectivity index (χ3n) is 3.76. The molecule has 7 heteroatoms. The maximum atomic E-state index is 13.5. The molecule has 5 nitrogen and oxygen atoms in total. The number of fused-ring (bicyclic) bond motifs is 1. The molecule has 0 saturated carbocycles.